The average Bonchev–Trinajstić information content (AvgIpc) is 3.42. The molecule has 0 aromatic carbocycles. The van der Waals surface area contributed by atoms with E-state index in [1.807, 2.05) is 20.8 Å². The third kappa shape index (κ3) is 10.4. The summed E-state index contributed by atoms with van der Waals surface area (Å²) in [5.74, 6) is -3.39. The van der Waals surface area contributed by atoms with E-state index in [9.17, 15) is 28.8 Å². The van der Waals surface area contributed by atoms with Crippen LogP contribution in [-0.4, -0.2) is 96.1 Å². The number of ketones is 1. The summed E-state index contributed by atoms with van der Waals surface area (Å²) >= 11 is 0. The Labute approximate surface area is 253 Å². The quantitative estimate of drug-likeness (QED) is 0.172. The number of nitrogens with two attached hydrogens (primary N) is 1. The first-order chi connectivity index (χ1) is 20.1. The minimum Gasteiger partial charge on any atom is -0.449 e. The number of ether oxygens (including phenoxy) is 2. The molecule has 0 aliphatic carbocycles. The molecule has 6 atom stereocenters. The summed E-state index contributed by atoms with van der Waals surface area (Å²) in [5.41, 5.74) is 4.31. The van der Waals surface area contributed by atoms with Crippen LogP contribution < -0.4 is 27.0 Å². The topological polar surface area (TPSA) is 198 Å². The average molecular weight is 611 g/mol. The molecule has 2 aliphatic rings. The molecule has 5 unspecified atom stereocenters. The summed E-state index contributed by atoms with van der Waals surface area (Å²) in [5, 5.41) is 10.8. The van der Waals surface area contributed by atoms with E-state index in [2.05, 4.69) is 21.3 Å². The number of alkyl carbamates (subject to hydrolysis) is 1. The molecule has 0 aromatic rings. The van der Waals surface area contributed by atoms with Crippen LogP contribution in [-0.2, 0) is 33.4 Å². The van der Waals surface area contributed by atoms with E-state index >= 15 is 0 Å². The molecule has 43 heavy (non-hydrogen) atoms. The fourth-order valence-electron chi connectivity index (χ4n) is 5.29. The van der Waals surface area contributed by atoms with Crippen LogP contribution >= 0.6 is 0 Å². The highest BCUT2D eigenvalue weighted by Crippen LogP contribution is 2.22. The van der Waals surface area contributed by atoms with Crippen molar-refractivity contribution in [2.75, 3.05) is 19.7 Å². The number of carbonyl (C=O) groups is 6. The Morgan fingerprint density at radius 1 is 1.12 bits per heavy atom. The van der Waals surface area contributed by atoms with Crippen LogP contribution in [0.4, 0.5) is 4.79 Å². The van der Waals surface area contributed by atoms with Gasteiger partial charge in [-0.1, -0.05) is 41.0 Å². The van der Waals surface area contributed by atoms with Crippen LogP contribution in [0, 0.1) is 11.8 Å². The summed E-state index contributed by atoms with van der Waals surface area (Å²) in [6.45, 7) is 13.0. The Kier molecular flexibility index (Phi) is 13.4. The predicted octanol–water partition coefficient (Wildman–Crippen LogP) is 0.323. The maximum absolute atomic E-state index is 13.5. The van der Waals surface area contributed by atoms with E-state index in [0.29, 0.717) is 32.2 Å². The first kappa shape index (κ1) is 35.9. The van der Waals surface area contributed by atoms with E-state index in [1.54, 1.807) is 27.7 Å². The second-order valence-corrected chi connectivity index (χ2v) is 12.4. The molecular weight excluding hydrogens is 560 g/mol. The Morgan fingerprint density at radius 2 is 1.79 bits per heavy atom. The highest BCUT2D eigenvalue weighted by molar-refractivity contribution is 6.38. The van der Waals surface area contributed by atoms with Crippen molar-refractivity contribution in [1.29, 1.82) is 0 Å². The number of hydrogen-bond donors (Lipinski definition) is 5. The molecule has 2 rings (SSSR count). The van der Waals surface area contributed by atoms with Crippen molar-refractivity contribution >= 4 is 35.5 Å². The molecule has 2 fully saturated rings. The predicted molar refractivity (Wildman–Crippen MR) is 157 cm³/mol. The van der Waals surface area contributed by atoms with E-state index in [-0.39, 0.29) is 37.5 Å². The summed E-state index contributed by atoms with van der Waals surface area (Å²) < 4.78 is 11.0. The lowest BCUT2D eigenvalue weighted by Crippen LogP contribution is -2.65. The molecule has 2 saturated heterocycles. The highest BCUT2D eigenvalue weighted by Gasteiger charge is 2.41. The zero-order valence-electron chi connectivity index (χ0n) is 26.5. The Morgan fingerprint density at radius 3 is 2.37 bits per heavy atom. The highest BCUT2D eigenvalue weighted by atomic mass is 16.5. The van der Waals surface area contributed by atoms with Crippen molar-refractivity contribution in [3.05, 3.63) is 0 Å². The second kappa shape index (κ2) is 16.0. The van der Waals surface area contributed by atoms with E-state index in [1.165, 1.54) is 4.90 Å². The molecule has 6 N–H and O–H groups in total. The Bertz CT molecular complexity index is 1040. The first-order valence-electron chi connectivity index (χ1n) is 15.2. The van der Waals surface area contributed by atoms with Gasteiger partial charge < -0.3 is 36.1 Å². The molecule has 0 spiro atoms. The van der Waals surface area contributed by atoms with Gasteiger partial charge in [0.25, 0.3) is 5.91 Å². The lowest BCUT2D eigenvalue weighted by molar-refractivity contribution is -0.154. The fourth-order valence-corrected chi connectivity index (χ4v) is 5.29. The van der Waals surface area contributed by atoms with Gasteiger partial charge in [0.1, 0.15) is 17.8 Å². The molecule has 0 radical (unpaired) electrons. The number of rotatable bonds is 14. The number of hydrogen-bond acceptors (Lipinski definition) is 9. The molecule has 5 amide bonds. The fraction of sp³-hybridized carbons (Fsp3) is 0.793. The molecule has 0 aromatic heterocycles. The van der Waals surface area contributed by atoms with Crippen LogP contribution in [0.5, 0.6) is 0 Å². The molecule has 14 heteroatoms. The van der Waals surface area contributed by atoms with Crippen molar-refractivity contribution in [1.82, 2.24) is 26.2 Å². The monoisotopic (exact) mass is 610 g/mol. The smallest absolute Gasteiger partial charge is 0.407 e. The Hall–Kier alpha value is -3.26. The minimum atomic E-state index is -1.14. The van der Waals surface area contributed by atoms with Crippen LogP contribution in [0.2, 0.25) is 0 Å². The van der Waals surface area contributed by atoms with E-state index in [0.717, 1.165) is 0 Å². The maximum Gasteiger partial charge on any atom is 0.407 e. The van der Waals surface area contributed by atoms with Gasteiger partial charge in [0.05, 0.1) is 31.3 Å². The standard InChI is InChI=1S/C29H50N6O8/c1-8-10-19(23(36)26(39)31-15-29(7)34-20(24(30)37)13-18(6)43-29)32-25(38)21-11-9-12-35(21)27(40)22(17(4)5)33-28(41)42-14-16(2)3/h16-22,34H,8-15H2,1-7H3,(H2,30,37)(H,31,39)(H,32,38)(H,33,41)/t18?,19?,20?,21-,22?,29?/m0/s1. The number of nitrogens with zero attached hydrogens (tertiary/aromatic N) is 1. The third-order valence-corrected chi connectivity index (χ3v) is 7.46. The molecular formula is C29H50N6O8. The van der Waals surface area contributed by atoms with Gasteiger partial charge in [-0.05, 0) is 51.4 Å². The van der Waals surface area contributed by atoms with Gasteiger partial charge in [0.2, 0.25) is 23.5 Å². The van der Waals surface area contributed by atoms with Gasteiger partial charge in [-0.3, -0.25) is 29.3 Å². The van der Waals surface area contributed by atoms with Crippen LogP contribution in [0.25, 0.3) is 0 Å². The molecule has 2 aliphatic heterocycles. The van der Waals surface area contributed by atoms with Gasteiger partial charge in [-0.2, -0.15) is 0 Å². The molecule has 0 saturated carbocycles. The number of primary amides is 1. The number of Topliss-reactive ketones (excluding diaryl/α,β-unsaturated/α-hetero) is 1. The molecule has 2 heterocycles. The zero-order chi connectivity index (χ0) is 32.5. The zero-order valence-corrected chi connectivity index (χ0v) is 26.5. The maximum atomic E-state index is 13.5. The van der Waals surface area contributed by atoms with Gasteiger partial charge >= 0.3 is 6.09 Å². The van der Waals surface area contributed by atoms with Crippen molar-refractivity contribution in [2.45, 2.75) is 117 Å². The van der Waals surface area contributed by atoms with Gasteiger partial charge in [-0.25, -0.2) is 4.79 Å². The molecule has 14 nitrogen and oxygen atoms in total. The summed E-state index contributed by atoms with van der Waals surface area (Å²) in [4.78, 5) is 78.3. The lowest BCUT2D eigenvalue weighted by Gasteiger charge is -2.41. The summed E-state index contributed by atoms with van der Waals surface area (Å²) in [7, 11) is 0. The molecule has 244 valence electrons. The Balaban J connectivity index is 2.05. The van der Waals surface area contributed by atoms with Crippen molar-refractivity contribution in [3.63, 3.8) is 0 Å². The number of amides is 5. The minimum absolute atomic E-state index is 0.118. The molecule has 0 bridgehead atoms. The third-order valence-electron chi connectivity index (χ3n) is 7.46. The number of likely N-dealkylation sites (tertiary alicyclic amines) is 1. The first-order valence-corrected chi connectivity index (χ1v) is 15.2. The van der Waals surface area contributed by atoms with Crippen LogP contribution in [0.15, 0.2) is 0 Å². The van der Waals surface area contributed by atoms with Crippen LogP contribution in [0.1, 0.15) is 80.6 Å². The van der Waals surface area contributed by atoms with E-state index < -0.39 is 65.4 Å². The van der Waals surface area contributed by atoms with Crippen molar-refractivity contribution in [3.8, 4) is 0 Å². The lowest BCUT2D eigenvalue weighted by atomic mass is 10.0. The van der Waals surface area contributed by atoms with Crippen LogP contribution in [0.3, 0.4) is 0 Å². The SMILES string of the molecule is CCCC(NC(=O)[C@@H]1CCCN1C(=O)C(NC(=O)OCC(C)C)C(C)C)C(=O)C(=O)NCC1(C)NC(C(N)=O)CC(C)O1. The summed E-state index contributed by atoms with van der Waals surface area (Å²) in [6.07, 6.45) is 1.02. The van der Waals surface area contributed by atoms with Crippen molar-refractivity contribution < 1.29 is 38.2 Å². The van der Waals surface area contributed by atoms with Gasteiger partial charge in [-0.15, -0.1) is 0 Å². The van der Waals surface area contributed by atoms with Gasteiger partial charge in [0, 0.05) is 6.54 Å². The van der Waals surface area contributed by atoms with E-state index in [4.69, 9.17) is 15.2 Å². The summed E-state index contributed by atoms with van der Waals surface area (Å²) in [6, 6.07) is -3.52. The normalized spacial score (nSPS) is 25.1. The van der Waals surface area contributed by atoms with Gasteiger partial charge in [0.15, 0.2) is 0 Å². The van der Waals surface area contributed by atoms with Crippen molar-refractivity contribution in [2.24, 2.45) is 17.6 Å². The number of nitrogens with one attached hydrogen (secondary N) is 4. The second-order valence-electron chi connectivity index (χ2n) is 12.4. The largest absolute Gasteiger partial charge is 0.449 e. The number of carbonyl (C=O) groups excluding carboxylic acids is 6.